The number of ether oxygens (including phenoxy) is 7. The maximum absolute atomic E-state index is 13.6. The summed E-state index contributed by atoms with van der Waals surface area (Å²) in [6.07, 6.45) is -7.48. The zero-order valence-electron chi connectivity index (χ0n) is 28.3. The third-order valence-electron chi connectivity index (χ3n) is 6.58. The van der Waals surface area contributed by atoms with E-state index in [-0.39, 0.29) is 19.0 Å². The summed E-state index contributed by atoms with van der Waals surface area (Å²) >= 11 is 0.936. The number of morpholine rings is 1. The molecule has 1 saturated heterocycles. The maximum atomic E-state index is 13.6. The van der Waals surface area contributed by atoms with Gasteiger partial charge in [-0.2, -0.15) is 4.37 Å². The predicted octanol–water partition coefficient (Wildman–Crippen LogP) is 0.851. The Morgan fingerprint density at radius 2 is 1.43 bits per heavy atom. The van der Waals surface area contributed by atoms with Crippen LogP contribution >= 0.6 is 11.7 Å². The van der Waals surface area contributed by atoms with Crippen molar-refractivity contribution in [1.29, 1.82) is 0 Å². The van der Waals surface area contributed by atoms with E-state index in [0.29, 0.717) is 32.1 Å². The van der Waals surface area contributed by atoms with Gasteiger partial charge in [0.15, 0.2) is 36.8 Å². The summed E-state index contributed by atoms with van der Waals surface area (Å²) in [6, 6.07) is 0. The van der Waals surface area contributed by atoms with Crippen LogP contribution in [-0.2, 0) is 52.4 Å². The monoisotopic (exact) mass is 690 g/mol. The van der Waals surface area contributed by atoms with Crippen LogP contribution in [-0.4, -0.2) is 130 Å². The van der Waals surface area contributed by atoms with Crippen LogP contribution in [0.1, 0.15) is 62.3 Å². The van der Waals surface area contributed by atoms with Gasteiger partial charge in [-0.1, -0.05) is 0 Å². The lowest BCUT2D eigenvalue weighted by atomic mass is 10.0. The Bertz CT molecular complexity index is 1210. The zero-order valence-corrected chi connectivity index (χ0v) is 29.1. The molecule has 0 aromatic carbocycles. The van der Waals surface area contributed by atoms with Gasteiger partial charge >= 0.3 is 23.9 Å². The van der Waals surface area contributed by atoms with E-state index in [1.165, 1.54) is 39.5 Å². The SMILES string of the molecule is CC(=O)O[C@@H](C)C(=O)O[C@@H](C)C(=O)N(C[C@@H](COc1nsnc1N1CCOCC1)OC(=O)[C@H](C)OC(=O)[C@H](C)OC(C)O)C(C)(C)C. The van der Waals surface area contributed by atoms with E-state index >= 15 is 0 Å². The highest BCUT2D eigenvalue weighted by molar-refractivity contribution is 6.99. The first kappa shape index (κ1) is 39.6. The summed E-state index contributed by atoms with van der Waals surface area (Å²) in [6.45, 7) is 14.6. The fourth-order valence-corrected chi connectivity index (χ4v) is 4.72. The van der Waals surface area contributed by atoms with Crippen molar-refractivity contribution in [2.45, 2.75) is 105 Å². The van der Waals surface area contributed by atoms with Crippen LogP contribution in [0.25, 0.3) is 0 Å². The Hall–Kier alpha value is -3.61. The first-order chi connectivity index (χ1) is 21.9. The third kappa shape index (κ3) is 12.8. The van der Waals surface area contributed by atoms with Crippen molar-refractivity contribution in [2.75, 3.05) is 44.4 Å². The number of esters is 4. The van der Waals surface area contributed by atoms with E-state index < -0.39 is 72.1 Å². The van der Waals surface area contributed by atoms with Crippen molar-refractivity contribution >= 4 is 47.3 Å². The molecule has 1 unspecified atom stereocenters. The number of carbonyl (C=O) groups excluding carboxylic acids is 5. The van der Waals surface area contributed by atoms with Crippen LogP contribution in [0.15, 0.2) is 0 Å². The highest BCUT2D eigenvalue weighted by Gasteiger charge is 2.37. The van der Waals surface area contributed by atoms with Crippen LogP contribution in [0.2, 0.25) is 0 Å². The molecule has 0 saturated carbocycles. The summed E-state index contributed by atoms with van der Waals surface area (Å²) in [5.41, 5.74) is -0.878. The average Bonchev–Trinajstić information content (AvgIpc) is 3.45. The number of anilines is 1. The molecule has 1 fully saturated rings. The molecular weight excluding hydrogens is 644 g/mol. The van der Waals surface area contributed by atoms with E-state index in [0.717, 1.165) is 18.7 Å². The number of aliphatic hydroxyl groups excluding tert-OH is 1. The molecule has 1 aromatic rings. The maximum Gasteiger partial charge on any atom is 0.347 e. The molecule has 0 aliphatic carbocycles. The molecule has 47 heavy (non-hydrogen) atoms. The number of nitrogens with zero attached hydrogens (tertiary/aromatic N) is 4. The molecule has 2 heterocycles. The van der Waals surface area contributed by atoms with E-state index in [9.17, 15) is 29.1 Å². The highest BCUT2D eigenvalue weighted by Crippen LogP contribution is 2.27. The molecule has 266 valence electrons. The quantitative estimate of drug-likeness (QED) is 0.145. The van der Waals surface area contributed by atoms with Gasteiger partial charge < -0.3 is 48.1 Å². The predicted molar refractivity (Wildman–Crippen MR) is 164 cm³/mol. The molecule has 1 amide bonds. The molecule has 18 heteroatoms. The lowest BCUT2D eigenvalue weighted by molar-refractivity contribution is -0.187. The minimum absolute atomic E-state index is 0.192. The summed E-state index contributed by atoms with van der Waals surface area (Å²) in [7, 11) is 0. The van der Waals surface area contributed by atoms with Gasteiger partial charge in [-0.15, -0.1) is 4.37 Å². The molecule has 0 bridgehead atoms. The number of aliphatic hydroxyl groups is 1. The van der Waals surface area contributed by atoms with Gasteiger partial charge in [0.05, 0.1) is 31.5 Å². The zero-order chi connectivity index (χ0) is 35.5. The molecule has 17 nitrogen and oxygen atoms in total. The summed E-state index contributed by atoms with van der Waals surface area (Å²) in [5, 5.41) is 9.38. The van der Waals surface area contributed by atoms with Gasteiger partial charge in [0, 0.05) is 25.6 Å². The van der Waals surface area contributed by atoms with E-state index in [1.54, 1.807) is 20.8 Å². The van der Waals surface area contributed by atoms with Crippen LogP contribution in [0.5, 0.6) is 5.88 Å². The lowest BCUT2D eigenvalue weighted by Crippen LogP contribution is -2.54. The second-order valence-corrected chi connectivity index (χ2v) is 12.3. The van der Waals surface area contributed by atoms with Crippen LogP contribution < -0.4 is 9.64 Å². The first-order valence-electron chi connectivity index (χ1n) is 15.1. The number of hydrogen-bond acceptors (Lipinski definition) is 17. The Morgan fingerprint density at radius 1 is 0.872 bits per heavy atom. The fraction of sp³-hybridized carbons (Fsp3) is 0.759. The molecule has 1 aliphatic heterocycles. The number of rotatable bonds is 16. The minimum Gasteiger partial charge on any atom is -0.470 e. The molecular formula is C29H46N4O13S. The van der Waals surface area contributed by atoms with Gasteiger partial charge in [0.2, 0.25) is 5.82 Å². The van der Waals surface area contributed by atoms with Gasteiger partial charge in [-0.05, 0) is 55.4 Å². The number of aromatic nitrogens is 2. The molecule has 0 spiro atoms. The smallest absolute Gasteiger partial charge is 0.347 e. The number of carbonyl (C=O) groups is 5. The molecule has 1 aromatic heterocycles. The van der Waals surface area contributed by atoms with Crippen molar-refractivity contribution in [3.8, 4) is 5.88 Å². The lowest BCUT2D eigenvalue weighted by Gasteiger charge is -2.39. The van der Waals surface area contributed by atoms with Gasteiger partial charge in [-0.25, -0.2) is 14.4 Å². The first-order valence-corrected chi connectivity index (χ1v) is 15.8. The average molecular weight is 691 g/mol. The second kappa shape index (κ2) is 18.1. The molecule has 1 aliphatic rings. The van der Waals surface area contributed by atoms with Crippen molar-refractivity contribution in [1.82, 2.24) is 13.6 Å². The Labute approximate surface area is 278 Å². The van der Waals surface area contributed by atoms with E-state index in [2.05, 4.69) is 8.75 Å². The number of amides is 1. The molecule has 6 atom stereocenters. The topological polar surface area (TPSA) is 202 Å². The van der Waals surface area contributed by atoms with E-state index in [1.807, 2.05) is 4.90 Å². The van der Waals surface area contributed by atoms with Crippen molar-refractivity contribution in [2.24, 2.45) is 0 Å². The van der Waals surface area contributed by atoms with E-state index in [4.69, 9.17) is 33.2 Å². The third-order valence-corrected chi connectivity index (χ3v) is 7.08. The summed E-state index contributed by atoms with van der Waals surface area (Å²) < 4.78 is 45.9. The van der Waals surface area contributed by atoms with Crippen molar-refractivity contribution in [3.05, 3.63) is 0 Å². The standard InChI is InChI=1S/C29H46N4O13S/c1-16(44-26(37)17(2)42-20(5)34)25(36)33(29(7,8)9)14-22(46-28(39)19(4)45-27(38)18(3)43-21(6)35)15-41-24-23(30-47-31-24)32-10-12-40-13-11-32/h16-19,21-22,35H,10-15H2,1-9H3/t16-,17-,18-,19-,21?,22-/m0/s1. The van der Waals surface area contributed by atoms with Crippen LogP contribution in [0.4, 0.5) is 5.82 Å². The van der Waals surface area contributed by atoms with Crippen LogP contribution in [0, 0.1) is 0 Å². The van der Waals surface area contributed by atoms with Gasteiger partial charge in [-0.3, -0.25) is 9.59 Å². The van der Waals surface area contributed by atoms with Gasteiger partial charge in [0.1, 0.15) is 6.61 Å². The number of hydrogen-bond donors (Lipinski definition) is 1. The fourth-order valence-electron chi connectivity index (χ4n) is 4.20. The van der Waals surface area contributed by atoms with Crippen molar-refractivity contribution in [3.63, 3.8) is 0 Å². The summed E-state index contributed by atoms with van der Waals surface area (Å²) in [5.74, 6) is -3.41. The molecule has 1 N–H and O–H groups in total. The molecule has 0 radical (unpaired) electrons. The molecule has 2 rings (SSSR count). The van der Waals surface area contributed by atoms with Crippen molar-refractivity contribution < 1.29 is 62.2 Å². The second-order valence-electron chi connectivity index (χ2n) is 11.8. The van der Waals surface area contributed by atoms with Crippen LogP contribution in [0.3, 0.4) is 0 Å². The summed E-state index contributed by atoms with van der Waals surface area (Å²) in [4.78, 5) is 66.2. The Morgan fingerprint density at radius 3 is 2.00 bits per heavy atom. The Kier molecular flexibility index (Phi) is 15.2. The minimum atomic E-state index is -1.39. The highest BCUT2D eigenvalue weighted by atomic mass is 32.1. The van der Waals surface area contributed by atoms with Gasteiger partial charge in [0.25, 0.3) is 11.8 Å². The normalized spacial score (nSPS) is 17.3. The Balaban J connectivity index is 2.27. The largest absolute Gasteiger partial charge is 0.470 e.